The molecule has 0 spiro atoms. The van der Waals surface area contributed by atoms with E-state index >= 15 is 0 Å². The van der Waals surface area contributed by atoms with E-state index < -0.39 is 0 Å². The number of benzene rings is 2. The van der Waals surface area contributed by atoms with E-state index in [0.29, 0.717) is 26.3 Å². The number of para-hydroxylation sites is 1. The Balaban J connectivity index is 1.45. The van der Waals surface area contributed by atoms with Gasteiger partial charge < -0.3 is 24.8 Å². The van der Waals surface area contributed by atoms with Crippen molar-refractivity contribution in [3.63, 3.8) is 0 Å². The Morgan fingerprint density at radius 2 is 1.70 bits per heavy atom. The molecule has 0 aliphatic heterocycles. The molecular formula is C25H35N7O. The van der Waals surface area contributed by atoms with Crippen LogP contribution in [0.3, 0.4) is 0 Å². The van der Waals surface area contributed by atoms with Crippen molar-refractivity contribution in [3.05, 3.63) is 77.9 Å². The highest BCUT2D eigenvalue weighted by molar-refractivity contribution is 5.79. The number of hydrogen-bond acceptors (Lipinski definition) is 5. The van der Waals surface area contributed by atoms with Crippen LogP contribution in [0.1, 0.15) is 23.6 Å². The van der Waals surface area contributed by atoms with E-state index in [2.05, 4.69) is 69.2 Å². The first-order chi connectivity index (χ1) is 16.1. The second-order valence-corrected chi connectivity index (χ2v) is 7.89. The number of aromatic nitrogens is 3. The molecule has 33 heavy (non-hydrogen) atoms. The van der Waals surface area contributed by atoms with E-state index in [1.807, 2.05) is 42.8 Å². The average molecular weight is 450 g/mol. The van der Waals surface area contributed by atoms with Crippen LogP contribution in [0.5, 0.6) is 0 Å². The van der Waals surface area contributed by atoms with Crippen molar-refractivity contribution in [2.75, 3.05) is 38.2 Å². The van der Waals surface area contributed by atoms with Gasteiger partial charge in [0.1, 0.15) is 12.4 Å². The van der Waals surface area contributed by atoms with E-state index in [1.54, 1.807) is 0 Å². The van der Waals surface area contributed by atoms with Gasteiger partial charge in [0.25, 0.3) is 0 Å². The average Bonchev–Trinajstić information content (AvgIpc) is 3.17. The van der Waals surface area contributed by atoms with Gasteiger partial charge in [-0.3, -0.25) is 0 Å². The van der Waals surface area contributed by atoms with Gasteiger partial charge in [0.05, 0.1) is 13.2 Å². The minimum atomic E-state index is 0.460. The SMILES string of the molecule is Cc1nnc(CN=C(NCCCN(C)c2ccccc2)NCCOCc2ccccc2)n1C. The molecule has 3 aromatic rings. The summed E-state index contributed by atoms with van der Waals surface area (Å²) in [5.41, 5.74) is 2.39. The summed E-state index contributed by atoms with van der Waals surface area (Å²) in [5, 5.41) is 15.1. The lowest BCUT2D eigenvalue weighted by Gasteiger charge is -2.19. The fourth-order valence-electron chi connectivity index (χ4n) is 3.25. The van der Waals surface area contributed by atoms with E-state index in [4.69, 9.17) is 9.73 Å². The van der Waals surface area contributed by atoms with Crippen LogP contribution >= 0.6 is 0 Å². The maximum Gasteiger partial charge on any atom is 0.191 e. The predicted octanol–water partition coefficient (Wildman–Crippen LogP) is 2.90. The van der Waals surface area contributed by atoms with Crippen LogP contribution in [0.15, 0.2) is 65.7 Å². The lowest BCUT2D eigenvalue weighted by atomic mass is 10.2. The zero-order chi connectivity index (χ0) is 23.3. The zero-order valence-corrected chi connectivity index (χ0v) is 19.9. The molecule has 1 heterocycles. The second kappa shape index (κ2) is 13.2. The summed E-state index contributed by atoms with van der Waals surface area (Å²) in [5.74, 6) is 2.46. The number of aryl methyl sites for hydroxylation is 1. The summed E-state index contributed by atoms with van der Waals surface area (Å²) < 4.78 is 7.74. The van der Waals surface area contributed by atoms with Crippen molar-refractivity contribution in [1.29, 1.82) is 0 Å². The summed E-state index contributed by atoms with van der Waals surface area (Å²) in [4.78, 5) is 6.96. The summed E-state index contributed by atoms with van der Waals surface area (Å²) in [6.07, 6.45) is 0.986. The maximum atomic E-state index is 5.78. The minimum Gasteiger partial charge on any atom is -0.375 e. The number of ether oxygens (including phenoxy) is 1. The molecule has 0 amide bonds. The Morgan fingerprint density at radius 3 is 2.39 bits per heavy atom. The van der Waals surface area contributed by atoms with Crippen molar-refractivity contribution in [1.82, 2.24) is 25.4 Å². The molecule has 0 bridgehead atoms. The standard InChI is InChI=1S/C25H35N7O/c1-21-29-30-24(32(21)3)19-28-25(27-16-18-33-20-22-11-6-4-7-12-22)26-15-10-17-31(2)23-13-8-5-9-14-23/h4-9,11-14H,10,15-20H2,1-3H3,(H2,26,27,28). The van der Waals surface area contributed by atoms with Gasteiger partial charge in [0.2, 0.25) is 0 Å². The molecule has 0 saturated heterocycles. The van der Waals surface area contributed by atoms with Gasteiger partial charge in [-0.05, 0) is 31.0 Å². The Kier molecular flexibility index (Phi) is 9.72. The first-order valence-electron chi connectivity index (χ1n) is 11.4. The molecule has 8 nitrogen and oxygen atoms in total. The molecule has 0 radical (unpaired) electrons. The molecule has 0 atom stereocenters. The highest BCUT2D eigenvalue weighted by atomic mass is 16.5. The van der Waals surface area contributed by atoms with Crippen LogP contribution in [0.25, 0.3) is 0 Å². The molecule has 176 valence electrons. The Bertz CT molecular complexity index is 973. The smallest absolute Gasteiger partial charge is 0.191 e. The quantitative estimate of drug-likeness (QED) is 0.251. The van der Waals surface area contributed by atoms with Crippen LogP contribution in [0.2, 0.25) is 0 Å². The van der Waals surface area contributed by atoms with Crippen LogP contribution in [0, 0.1) is 6.92 Å². The summed E-state index contributed by atoms with van der Waals surface area (Å²) in [7, 11) is 4.07. The summed E-state index contributed by atoms with van der Waals surface area (Å²) >= 11 is 0. The number of rotatable bonds is 12. The second-order valence-electron chi connectivity index (χ2n) is 7.89. The molecule has 2 aromatic carbocycles. The fourth-order valence-corrected chi connectivity index (χ4v) is 3.25. The molecule has 2 N–H and O–H groups in total. The predicted molar refractivity (Wildman–Crippen MR) is 133 cm³/mol. The third-order valence-corrected chi connectivity index (χ3v) is 5.37. The number of nitrogens with zero attached hydrogens (tertiary/aromatic N) is 5. The van der Waals surface area contributed by atoms with Gasteiger partial charge in [-0.1, -0.05) is 48.5 Å². The Labute approximate surface area is 196 Å². The first-order valence-corrected chi connectivity index (χ1v) is 11.4. The topological polar surface area (TPSA) is 79.6 Å². The van der Waals surface area contributed by atoms with Gasteiger partial charge in [-0.25, -0.2) is 4.99 Å². The number of hydrogen-bond donors (Lipinski definition) is 2. The molecule has 0 unspecified atom stereocenters. The van der Waals surface area contributed by atoms with Gasteiger partial charge in [-0.2, -0.15) is 0 Å². The van der Waals surface area contributed by atoms with Crippen LogP contribution in [-0.4, -0.2) is 54.0 Å². The van der Waals surface area contributed by atoms with E-state index in [1.165, 1.54) is 11.3 Å². The minimum absolute atomic E-state index is 0.460. The highest BCUT2D eigenvalue weighted by Gasteiger charge is 2.06. The van der Waals surface area contributed by atoms with Crippen molar-refractivity contribution in [2.24, 2.45) is 12.0 Å². The van der Waals surface area contributed by atoms with Crippen LogP contribution in [-0.2, 0) is 24.9 Å². The molecule has 3 rings (SSSR count). The molecular weight excluding hydrogens is 414 g/mol. The molecule has 8 heteroatoms. The van der Waals surface area contributed by atoms with Crippen molar-refractivity contribution < 1.29 is 4.74 Å². The molecule has 0 fully saturated rings. The molecule has 0 saturated carbocycles. The van der Waals surface area contributed by atoms with Crippen molar-refractivity contribution in [2.45, 2.75) is 26.5 Å². The van der Waals surface area contributed by atoms with Gasteiger partial charge >= 0.3 is 0 Å². The fraction of sp³-hybridized carbons (Fsp3) is 0.400. The number of aliphatic imine (C=N–C) groups is 1. The van der Waals surface area contributed by atoms with Crippen LogP contribution in [0.4, 0.5) is 5.69 Å². The van der Waals surface area contributed by atoms with Gasteiger partial charge in [-0.15, -0.1) is 10.2 Å². The van der Waals surface area contributed by atoms with Gasteiger partial charge in [0.15, 0.2) is 11.8 Å². The third-order valence-electron chi connectivity index (χ3n) is 5.37. The third kappa shape index (κ3) is 8.23. The first kappa shape index (κ1) is 24.3. The van der Waals surface area contributed by atoms with Gasteiger partial charge in [0, 0.05) is 39.4 Å². The van der Waals surface area contributed by atoms with Crippen molar-refractivity contribution in [3.8, 4) is 0 Å². The number of guanidine groups is 1. The maximum absolute atomic E-state index is 5.78. The monoisotopic (exact) mass is 449 g/mol. The van der Waals surface area contributed by atoms with Crippen molar-refractivity contribution >= 4 is 11.6 Å². The number of anilines is 1. The Hall–Kier alpha value is -3.39. The largest absolute Gasteiger partial charge is 0.375 e. The van der Waals surface area contributed by atoms with Crippen LogP contribution < -0.4 is 15.5 Å². The van der Waals surface area contributed by atoms with E-state index in [0.717, 1.165) is 37.1 Å². The number of nitrogens with one attached hydrogen (secondary N) is 2. The normalized spacial score (nSPS) is 11.4. The highest BCUT2D eigenvalue weighted by Crippen LogP contribution is 2.10. The molecule has 0 aliphatic carbocycles. The molecule has 1 aromatic heterocycles. The van der Waals surface area contributed by atoms with E-state index in [9.17, 15) is 0 Å². The lowest BCUT2D eigenvalue weighted by Crippen LogP contribution is -2.40. The zero-order valence-electron chi connectivity index (χ0n) is 19.9. The lowest BCUT2D eigenvalue weighted by molar-refractivity contribution is 0.125. The Morgan fingerprint density at radius 1 is 1.00 bits per heavy atom. The summed E-state index contributed by atoms with van der Waals surface area (Å²) in [6.45, 7) is 6.02. The van der Waals surface area contributed by atoms with E-state index in [-0.39, 0.29) is 0 Å². The summed E-state index contributed by atoms with van der Waals surface area (Å²) in [6, 6.07) is 20.6. The molecule has 0 aliphatic rings.